The second-order valence-electron chi connectivity index (χ2n) is 5.47. The summed E-state index contributed by atoms with van der Waals surface area (Å²) in [6, 6.07) is 13.0. The van der Waals surface area contributed by atoms with Gasteiger partial charge in [0, 0.05) is 11.5 Å². The number of rotatable bonds is 6. The summed E-state index contributed by atoms with van der Waals surface area (Å²) in [6.45, 7) is 0. The molecule has 138 valence electrons. The van der Waals surface area contributed by atoms with E-state index in [-0.39, 0.29) is 10.6 Å². The quantitative estimate of drug-likeness (QED) is 0.692. The molecule has 2 aromatic carbocycles. The van der Waals surface area contributed by atoms with Crippen LogP contribution in [0.3, 0.4) is 0 Å². The lowest BCUT2D eigenvalue weighted by Gasteiger charge is -2.13. The molecule has 0 fully saturated rings. The number of sulfone groups is 1. The van der Waals surface area contributed by atoms with Crippen LogP contribution in [0.2, 0.25) is 0 Å². The minimum Gasteiger partial charge on any atom is -0.493 e. The summed E-state index contributed by atoms with van der Waals surface area (Å²) in [6.07, 6.45) is 0.160. The van der Waals surface area contributed by atoms with Crippen molar-refractivity contribution in [3.8, 4) is 17.2 Å². The second-order valence-corrected chi connectivity index (χ2v) is 8.98. The second kappa shape index (κ2) is 7.10. The molecule has 1 atom stereocenters. The molecule has 0 aliphatic carbocycles. The van der Waals surface area contributed by atoms with Crippen molar-refractivity contribution in [2.45, 2.75) is 11.0 Å². The molecular formula is C17H16O7S2. The highest BCUT2D eigenvalue weighted by Gasteiger charge is 2.29. The first-order chi connectivity index (χ1) is 12.3. The molecule has 0 saturated carbocycles. The predicted molar refractivity (Wildman–Crippen MR) is 94.5 cm³/mol. The van der Waals surface area contributed by atoms with Gasteiger partial charge in [0.15, 0.2) is 21.3 Å². The summed E-state index contributed by atoms with van der Waals surface area (Å²) >= 11 is 0. The van der Waals surface area contributed by atoms with Crippen molar-refractivity contribution < 1.29 is 30.5 Å². The normalized spacial score (nSPS) is 18.6. The largest absolute Gasteiger partial charge is 0.493 e. The fraction of sp³-hybridized carbons (Fsp3) is 0.176. The lowest BCUT2D eigenvalue weighted by atomic mass is 10.3. The van der Waals surface area contributed by atoms with E-state index < -0.39 is 31.8 Å². The Hall–Kier alpha value is -2.36. The monoisotopic (exact) mass is 396 g/mol. The van der Waals surface area contributed by atoms with Crippen LogP contribution >= 0.6 is 0 Å². The third-order valence-corrected chi connectivity index (χ3v) is 6.24. The van der Waals surface area contributed by atoms with Crippen LogP contribution in [0.4, 0.5) is 0 Å². The third kappa shape index (κ3) is 4.24. The lowest BCUT2D eigenvalue weighted by Crippen LogP contribution is -2.20. The van der Waals surface area contributed by atoms with Gasteiger partial charge >= 0.3 is 0 Å². The maximum atomic E-state index is 12.4. The van der Waals surface area contributed by atoms with Crippen LogP contribution in [0.5, 0.6) is 17.2 Å². The zero-order chi connectivity index (χ0) is 18.8. The lowest BCUT2D eigenvalue weighted by molar-refractivity contribution is 0.279. The maximum Gasteiger partial charge on any atom is 0.297 e. The first kappa shape index (κ1) is 18.4. The molecule has 0 radical (unpaired) electrons. The summed E-state index contributed by atoms with van der Waals surface area (Å²) in [4.78, 5) is -0.160. The standard InChI is InChI=1S/C17H16O7S2/c1-22-17-11-15(7-8-16(17)23-13-5-3-2-4-6-13)26(20,21)24-14-9-10-25(18,19)12-14/h2-11,14H,12H2,1H3. The molecule has 9 heteroatoms. The van der Waals surface area contributed by atoms with Crippen LogP contribution in [0, 0.1) is 0 Å². The Morgan fingerprint density at radius 1 is 1.04 bits per heavy atom. The Kier molecular flexibility index (Phi) is 5.03. The molecule has 26 heavy (non-hydrogen) atoms. The summed E-state index contributed by atoms with van der Waals surface area (Å²) < 4.78 is 63.4. The smallest absolute Gasteiger partial charge is 0.297 e. The van der Waals surface area contributed by atoms with E-state index in [1.807, 2.05) is 6.07 Å². The fourth-order valence-corrected chi connectivity index (χ4v) is 4.63. The summed E-state index contributed by atoms with van der Waals surface area (Å²) in [5, 5.41) is 0.949. The molecule has 0 amide bonds. The fourth-order valence-electron chi connectivity index (χ4n) is 2.33. The zero-order valence-electron chi connectivity index (χ0n) is 13.7. The van der Waals surface area contributed by atoms with Gasteiger partial charge in [-0.15, -0.1) is 0 Å². The topological polar surface area (TPSA) is 96.0 Å². The number of para-hydroxylation sites is 1. The summed E-state index contributed by atoms with van der Waals surface area (Å²) in [5.41, 5.74) is 0. The number of hydrogen-bond acceptors (Lipinski definition) is 7. The molecule has 0 aromatic heterocycles. The third-order valence-electron chi connectivity index (χ3n) is 3.54. The maximum absolute atomic E-state index is 12.4. The Morgan fingerprint density at radius 2 is 1.77 bits per heavy atom. The van der Waals surface area contributed by atoms with E-state index in [9.17, 15) is 16.8 Å². The van der Waals surface area contributed by atoms with Crippen molar-refractivity contribution in [3.63, 3.8) is 0 Å². The van der Waals surface area contributed by atoms with Gasteiger partial charge in [-0.1, -0.05) is 18.2 Å². The van der Waals surface area contributed by atoms with Crippen LogP contribution in [0.15, 0.2) is 64.9 Å². The van der Waals surface area contributed by atoms with Gasteiger partial charge < -0.3 is 9.47 Å². The van der Waals surface area contributed by atoms with Gasteiger partial charge in [0.1, 0.15) is 11.9 Å². The van der Waals surface area contributed by atoms with Gasteiger partial charge in [0.2, 0.25) is 0 Å². The van der Waals surface area contributed by atoms with Gasteiger partial charge in [0.05, 0.1) is 17.8 Å². The van der Waals surface area contributed by atoms with Crippen LogP contribution in [0.1, 0.15) is 0 Å². The Morgan fingerprint density at radius 3 is 2.38 bits per heavy atom. The summed E-state index contributed by atoms with van der Waals surface area (Å²) in [5.74, 6) is 0.700. The van der Waals surface area contributed by atoms with Crippen LogP contribution in [-0.2, 0) is 24.1 Å². The predicted octanol–water partition coefficient (Wildman–Crippen LogP) is 2.50. The molecule has 3 rings (SSSR count). The number of methoxy groups -OCH3 is 1. The van der Waals surface area contributed by atoms with E-state index in [0.717, 1.165) is 5.41 Å². The highest BCUT2D eigenvalue weighted by molar-refractivity contribution is 7.94. The van der Waals surface area contributed by atoms with Crippen molar-refractivity contribution in [1.82, 2.24) is 0 Å². The SMILES string of the molecule is COc1cc(S(=O)(=O)OC2C=CS(=O)(=O)C2)ccc1Oc1ccccc1. The Bertz CT molecular complexity index is 1030. The minimum atomic E-state index is -4.17. The molecule has 0 N–H and O–H groups in total. The molecule has 0 saturated heterocycles. The highest BCUT2D eigenvalue weighted by atomic mass is 32.2. The number of ether oxygens (including phenoxy) is 2. The number of benzene rings is 2. The molecule has 1 unspecified atom stereocenters. The zero-order valence-corrected chi connectivity index (χ0v) is 15.4. The van der Waals surface area contributed by atoms with E-state index in [0.29, 0.717) is 11.5 Å². The van der Waals surface area contributed by atoms with E-state index in [1.54, 1.807) is 24.3 Å². The average molecular weight is 396 g/mol. The van der Waals surface area contributed by atoms with E-state index in [1.165, 1.54) is 31.4 Å². The Balaban J connectivity index is 1.83. The molecule has 1 heterocycles. The van der Waals surface area contributed by atoms with E-state index >= 15 is 0 Å². The van der Waals surface area contributed by atoms with Crippen molar-refractivity contribution >= 4 is 20.0 Å². The molecule has 2 aromatic rings. The van der Waals surface area contributed by atoms with Gasteiger partial charge in [-0.3, -0.25) is 4.18 Å². The van der Waals surface area contributed by atoms with Gasteiger partial charge in [-0.2, -0.15) is 8.42 Å². The van der Waals surface area contributed by atoms with Gasteiger partial charge in [-0.25, -0.2) is 8.42 Å². The van der Waals surface area contributed by atoms with Crippen molar-refractivity contribution in [3.05, 3.63) is 60.0 Å². The first-order valence-electron chi connectivity index (χ1n) is 7.54. The molecule has 0 bridgehead atoms. The van der Waals surface area contributed by atoms with Crippen molar-refractivity contribution in [2.24, 2.45) is 0 Å². The van der Waals surface area contributed by atoms with Crippen molar-refractivity contribution in [2.75, 3.05) is 12.9 Å². The minimum absolute atomic E-state index is 0.160. The number of hydrogen-bond donors (Lipinski definition) is 0. The highest BCUT2D eigenvalue weighted by Crippen LogP contribution is 2.34. The summed E-state index contributed by atoms with van der Waals surface area (Å²) in [7, 11) is -6.20. The van der Waals surface area contributed by atoms with E-state index in [4.69, 9.17) is 13.7 Å². The molecular weight excluding hydrogens is 380 g/mol. The van der Waals surface area contributed by atoms with Gasteiger partial charge in [-0.05, 0) is 30.3 Å². The van der Waals surface area contributed by atoms with Gasteiger partial charge in [0.25, 0.3) is 10.1 Å². The molecule has 0 spiro atoms. The average Bonchev–Trinajstić information content (AvgIpc) is 2.93. The molecule has 1 aliphatic heterocycles. The first-order valence-corrected chi connectivity index (χ1v) is 10.7. The van der Waals surface area contributed by atoms with Crippen LogP contribution < -0.4 is 9.47 Å². The van der Waals surface area contributed by atoms with Crippen molar-refractivity contribution in [1.29, 1.82) is 0 Å². The molecule has 1 aliphatic rings. The van der Waals surface area contributed by atoms with Crippen LogP contribution in [-0.4, -0.2) is 35.8 Å². The van der Waals surface area contributed by atoms with E-state index in [2.05, 4.69) is 0 Å². The Labute approximate surface area is 151 Å². The van der Waals surface area contributed by atoms with Crippen LogP contribution in [0.25, 0.3) is 0 Å². The molecule has 7 nitrogen and oxygen atoms in total.